The number of benzene rings is 1. The fraction of sp³-hybridized carbons (Fsp3) is 0.308. The van der Waals surface area contributed by atoms with Gasteiger partial charge < -0.3 is 4.74 Å². The lowest BCUT2D eigenvalue weighted by molar-refractivity contribution is -0.123. The first-order chi connectivity index (χ1) is 8.74. The van der Waals surface area contributed by atoms with Gasteiger partial charge >= 0.3 is 0 Å². The molecule has 1 aliphatic heterocycles. The molecular formula is C13H15ClN2O2. The van der Waals surface area contributed by atoms with E-state index >= 15 is 0 Å². The monoisotopic (exact) mass is 266 g/mol. The molecule has 0 bridgehead atoms. The molecule has 1 aromatic rings. The molecule has 18 heavy (non-hydrogen) atoms. The number of carbonyl (C=O) groups excluding carboxylic acids is 1. The molecule has 1 aromatic carbocycles. The van der Waals surface area contributed by atoms with E-state index in [1.54, 1.807) is 18.2 Å². The quantitative estimate of drug-likeness (QED) is 0.847. The molecule has 1 saturated heterocycles. The fourth-order valence-electron chi connectivity index (χ4n) is 1.61. The van der Waals surface area contributed by atoms with Gasteiger partial charge in [-0.25, -0.2) is 5.01 Å². The third-order valence-corrected chi connectivity index (χ3v) is 2.83. The van der Waals surface area contributed by atoms with Crippen molar-refractivity contribution in [3.63, 3.8) is 0 Å². The number of ether oxygens (including phenoxy) is 1. The summed E-state index contributed by atoms with van der Waals surface area (Å²) in [5, 5.41) is 2.54. The lowest BCUT2D eigenvalue weighted by Gasteiger charge is -2.26. The van der Waals surface area contributed by atoms with E-state index in [1.807, 2.05) is 17.1 Å². The van der Waals surface area contributed by atoms with E-state index in [0.29, 0.717) is 18.2 Å². The summed E-state index contributed by atoms with van der Waals surface area (Å²) in [5.74, 6) is -0.133. The average Bonchev–Trinajstić information content (AvgIpc) is 2.39. The van der Waals surface area contributed by atoms with Crippen LogP contribution >= 0.6 is 11.6 Å². The number of carbonyl (C=O) groups is 1. The second-order valence-electron chi connectivity index (χ2n) is 3.96. The summed E-state index contributed by atoms with van der Waals surface area (Å²) in [6, 6.07) is 7.31. The van der Waals surface area contributed by atoms with Crippen LogP contribution in [0.15, 0.2) is 30.3 Å². The third kappa shape index (κ3) is 4.14. The van der Waals surface area contributed by atoms with Crippen molar-refractivity contribution in [1.82, 2.24) is 10.4 Å². The van der Waals surface area contributed by atoms with E-state index in [1.165, 1.54) is 6.08 Å². The second-order valence-corrected chi connectivity index (χ2v) is 4.40. The molecule has 0 spiro atoms. The smallest absolute Gasteiger partial charge is 0.258 e. The number of nitrogens with zero attached hydrogens (tertiary/aromatic N) is 1. The standard InChI is InChI=1S/C13H15ClN2O2/c14-12-4-1-11(2-5-12)3-6-13(17)15-16-7-9-18-10-8-16/h1-6H,7-10H2,(H,15,17)/b6-3+. The van der Waals surface area contributed by atoms with Crippen LogP contribution in [0.5, 0.6) is 0 Å². The third-order valence-electron chi connectivity index (χ3n) is 2.58. The second kappa shape index (κ2) is 6.54. The van der Waals surface area contributed by atoms with E-state index in [0.717, 1.165) is 18.7 Å². The highest BCUT2D eigenvalue weighted by molar-refractivity contribution is 6.30. The van der Waals surface area contributed by atoms with Gasteiger partial charge in [0.1, 0.15) is 0 Å². The van der Waals surface area contributed by atoms with Gasteiger partial charge in [0.15, 0.2) is 0 Å². The number of hydrogen-bond donors (Lipinski definition) is 1. The Morgan fingerprint density at radius 3 is 2.61 bits per heavy atom. The fourth-order valence-corrected chi connectivity index (χ4v) is 1.74. The highest BCUT2D eigenvalue weighted by atomic mass is 35.5. The Labute approximate surface area is 111 Å². The molecule has 0 atom stereocenters. The zero-order valence-electron chi connectivity index (χ0n) is 9.93. The number of rotatable bonds is 3. The molecule has 1 aliphatic rings. The predicted molar refractivity (Wildman–Crippen MR) is 71.0 cm³/mol. The summed E-state index contributed by atoms with van der Waals surface area (Å²) in [7, 11) is 0. The minimum absolute atomic E-state index is 0.133. The van der Waals surface area contributed by atoms with Crippen LogP contribution in [0.25, 0.3) is 6.08 Å². The molecule has 4 nitrogen and oxygen atoms in total. The van der Waals surface area contributed by atoms with Gasteiger partial charge in [0.25, 0.3) is 5.91 Å². The Morgan fingerprint density at radius 1 is 1.28 bits per heavy atom. The van der Waals surface area contributed by atoms with Crippen molar-refractivity contribution < 1.29 is 9.53 Å². The Hall–Kier alpha value is -1.36. The maximum Gasteiger partial charge on any atom is 0.258 e. The normalized spacial score (nSPS) is 16.9. The summed E-state index contributed by atoms with van der Waals surface area (Å²) in [6.45, 7) is 2.75. The molecule has 0 aliphatic carbocycles. The van der Waals surface area contributed by atoms with Crippen molar-refractivity contribution in [2.24, 2.45) is 0 Å². The minimum atomic E-state index is -0.133. The zero-order valence-corrected chi connectivity index (χ0v) is 10.7. The van der Waals surface area contributed by atoms with Crippen molar-refractivity contribution in [2.75, 3.05) is 26.3 Å². The predicted octanol–water partition coefficient (Wildman–Crippen LogP) is 1.72. The largest absolute Gasteiger partial charge is 0.379 e. The lowest BCUT2D eigenvalue weighted by Crippen LogP contribution is -2.47. The summed E-state index contributed by atoms with van der Waals surface area (Å²) >= 11 is 5.78. The number of halogens is 1. The highest BCUT2D eigenvalue weighted by Gasteiger charge is 2.10. The van der Waals surface area contributed by atoms with Crippen LogP contribution in [0, 0.1) is 0 Å². The van der Waals surface area contributed by atoms with Crippen molar-refractivity contribution in [1.29, 1.82) is 0 Å². The number of hydrogen-bond acceptors (Lipinski definition) is 3. The van der Waals surface area contributed by atoms with Crippen LogP contribution in [-0.4, -0.2) is 37.2 Å². The van der Waals surface area contributed by atoms with Crippen LogP contribution in [-0.2, 0) is 9.53 Å². The molecule has 1 heterocycles. The van der Waals surface area contributed by atoms with Crippen molar-refractivity contribution in [2.45, 2.75) is 0 Å². The molecule has 0 aromatic heterocycles. The summed E-state index contributed by atoms with van der Waals surface area (Å²) in [5.41, 5.74) is 3.74. The van der Waals surface area contributed by atoms with Crippen LogP contribution in [0.3, 0.4) is 0 Å². The highest BCUT2D eigenvalue weighted by Crippen LogP contribution is 2.10. The SMILES string of the molecule is O=C(/C=C/c1ccc(Cl)cc1)NN1CCOCC1. The van der Waals surface area contributed by atoms with Gasteiger partial charge in [0.2, 0.25) is 0 Å². The molecular weight excluding hydrogens is 252 g/mol. The first kappa shape index (κ1) is 13.1. The molecule has 0 radical (unpaired) electrons. The Bertz CT molecular complexity index is 425. The molecule has 2 rings (SSSR count). The summed E-state index contributed by atoms with van der Waals surface area (Å²) in [4.78, 5) is 11.6. The van der Waals surface area contributed by atoms with E-state index in [-0.39, 0.29) is 5.91 Å². The molecule has 0 saturated carbocycles. The Morgan fingerprint density at radius 2 is 1.94 bits per heavy atom. The molecule has 0 unspecified atom stereocenters. The van der Waals surface area contributed by atoms with E-state index < -0.39 is 0 Å². The summed E-state index contributed by atoms with van der Waals surface area (Å²) < 4.78 is 5.20. The van der Waals surface area contributed by atoms with E-state index in [9.17, 15) is 4.79 Å². The number of nitrogens with one attached hydrogen (secondary N) is 1. The number of morpholine rings is 1. The van der Waals surface area contributed by atoms with Crippen LogP contribution in [0.2, 0.25) is 5.02 Å². The van der Waals surface area contributed by atoms with Gasteiger partial charge in [-0.15, -0.1) is 0 Å². The lowest BCUT2D eigenvalue weighted by atomic mass is 10.2. The van der Waals surface area contributed by atoms with Crippen molar-refractivity contribution in [3.8, 4) is 0 Å². The molecule has 1 amide bonds. The zero-order chi connectivity index (χ0) is 12.8. The number of amides is 1. The molecule has 5 heteroatoms. The molecule has 1 N–H and O–H groups in total. The maximum absolute atomic E-state index is 11.6. The van der Waals surface area contributed by atoms with Gasteiger partial charge in [-0.1, -0.05) is 23.7 Å². The van der Waals surface area contributed by atoms with Gasteiger partial charge in [-0.2, -0.15) is 0 Å². The van der Waals surface area contributed by atoms with Crippen LogP contribution < -0.4 is 5.43 Å². The average molecular weight is 267 g/mol. The topological polar surface area (TPSA) is 41.6 Å². The van der Waals surface area contributed by atoms with Gasteiger partial charge in [0.05, 0.1) is 13.2 Å². The number of hydrazine groups is 1. The maximum atomic E-state index is 11.6. The molecule has 96 valence electrons. The van der Waals surface area contributed by atoms with Gasteiger partial charge in [-0.3, -0.25) is 10.2 Å². The van der Waals surface area contributed by atoms with Crippen LogP contribution in [0.1, 0.15) is 5.56 Å². The minimum Gasteiger partial charge on any atom is -0.379 e. The van der Waals surface area contributed by atoms with Gasteiger partial charge in [-0.05, 0) is 23.8 Å². The Kier molecular flexibility index (Phi) is 4.75. The van der Waals surface area contributed by atoms with Crippen LogP contribution in [0.4, 0.5) is 0 Å². The van der Waals surface area contributed by atoms with Crippen molar-refractivity contribution >= 4 is 23.6 Å². The van der Waals surface area contributed by atoms with E-state index in [4.69, 9.17) is 16.3 Å². The first-order valence-electron chi connectivity index (χ1n) is 5.81. The Balaban J connectivity index is 1.84. The van der Waals surface area contributed by atoms with E-state index in [2.05, 4.69) is 5.43 Å². The van der Waals surface area contributed by atoms with Crippen molar-refractivity contribution in [3.05, 3.63) is 40.9 Å². The van der Waals surface area contributed by atoms with Gasteiger partial charge in [0, 0.05) is 24.2 Å². The first-order valence-corrected chi connectivity index (χ1v) is 6.19. The summed E-state index contributed by atoms with van der Waals surface area (Å²) in [6.07, 6.45) is 3.27. The molecule has 1 fully saturated rings.